The first-order valence-corrected chi connectivity index (χ1v) is 8.40. The largest absolute Gasteiger partial charge is 0.497 e. The van der Waals surface area contributed by atoms with Crippen molar-refractivity contribution in [1.82, 2.24) is 19.8 Å². The molecule has 138 valence electrons. The molecule has 0 spiro atoms. The Bertz CT molecular complexity index is 775. The summed E-state index contributed by atoms with van der Waals surface area (Å²) in [6.07, 6.45) is 1.57. The second-order valence-corrected chi connectivity index (χ2v) is 6.05. The van der Waals surface area contributed by atoms with Crippen LogP contribution in [0.1, 0.15) is 10.5 Å². The molecule has 0 aliphatic carbocycles. The van der Waals surface area contributed by atoms with Crippen molar-refractivity contribution in [2.75, 3.05) is 52.8 Å². The Morgan fingerprint density at radius 2 is 1.88 bits per heavy atom. The summed E-state index contributed by atoms with van der Waals surface area (Å²) in [5.74, 6) is 1.56. The minimum Gasteiger partial charge on any atom is -0.497 e. The third-order valence-electron chi connectivity index (χ3n) is 4.32. The number of carbonyl (C=O) groups excluding carboxylic acids is 1. The van der Waals surface area contributed by atoms with Gasteiger partial charge in [0.05, 0.1) is 19.9 Å². The molecule has 1 aromatic heterocycles. The highest BCUT2D eigenvalue weighted by Gasteiger charge is 2.21. The maximum atomic E-state index is 12.7. The molecular weight excluding hydrogens is 334 g/mol. The fraction of sp³-hybridized carbons (Fsp3) is 0.389. The summed E-state index contributed by atoms with van der Waals surface area (Å²) in [6.45, 7) is 3.13. The lowest BCUT2D eigenvalue weighted by atomic mass is 10.2. The minimum absolute atomic E-state index is 0.0823. The zero-order valence-electron chi connectivity index (χ0n) is 15.2. The number of nitrogens with one attached hydrogen (secondary N) is 1. The monoisotopic (exact) mass is 357 g/mol. The zero-order valence-corrected chi connectivity index (χ0v) is 15.2. The summed E-state index contributed by atoms with van der Waals surface area (Å²) in [6, 6.07) is 7.02. The molecule has 2 aromatic rings. The third-order valence-corrected chi connectivity index (χ3v) is 4.32. The Morgan fingerprint density at radius 1 is 1.12 bits per heavy atom. The van der Waals surface area contributed by atoms with E-state index in [1.165, 1.54) is 0 Å². The van der Waals surface area contributed by atoms with Crippen LogP contribution in [-0.2, 0) is 0 Å². The van der Waals surface area contributed by atoms with Gasteiger partial charge in [-0.15, -0.1) is 0 Å². The van der Waals surface area contributed by atoms with Crippen LogP contribution in [0.25, 0.3) is 0 Å². The normalized spacial score (nSPS) is 14.8. The molecule has 1 N–H and O–H groups in total. The van der Waals surface area contributed by atoms with Gasteiger partial charge in [-0.3, -0.25) is 4.79 Å². The number of methoxy groups -OCH3 is 2. The van der Waals surface area contributed by atoms with Crippen molar-refractivity contribution in [3.63, 3.8) is 0 Å². The smallest absolute Gasteiger partial charge is 0.272 e. The van der Waals surface area contributed by atoms with Crippen molar-refractivity contribution in [2.45, 2.75) is 0 Å². The molecule has 0 atom stereocenters. The predicted octanol–water partition coefficient (Wildman–Crippen LogP) is 1.62. The topological polar surface area (TPSA) is 79.8 Å². The molecule has 1 amide bonds. The first kappa shape index (κ1) is 17.9. The second-order valence-electron chi connectivity index (χ2n) is 6.05. The number of piperazine rings is 1. The van der Waals surface area contributed by atoms with Crippen LogP contribution in [0.2, 0.25) is 0 Å². The van der Waals surface area contributed by atoms with E-state index in [9.17, 15) is 4.79 Å². The van der Waals surface area contributed by atoms with Crippen LogP contribution in [0.15, 0.2) is 30.5 Å². The van der Waals surface area contributed by atoms with Gasteiger partial charge in [-0.1, -0.05) is 0 Å². The number of hydrogen-bond donors (Lipinski definition) is 1. The lowest BCUT2D eigenvalue weighted by Gasteiger charge is -2.32. The SMILES string of the molecule is COc1ccc(OC)c(Nc2nccc(C(=O)N3CCN(C)CC3)n2)c1. The minimum atomic E-state index is -0.0823. The summed E-state index contributed by atoms with van der Waals surface area (Å²) in [5.41, 5.74) is 1.03. The number of nitrogens with zero attached hydrogens (tertiary/aromatic N) is 4. The van der Waals surface area contributed by atoms with E-state index in [1.54, 1.807) is 44.7 Å². The highest BCUT2D eigenvalue weighted by atomic mass is 16.5. The molecule has 8 nitrogen and oxygen atoms in total. The first-order valence-electron chi connectivity index (χ1n) is 8.40. The van der Waals surface area contributed by atoms with Crippen LogP contribution < -0.4 is 14.8 Å². The summed E-state index contributed by atoms with van der Waals surface area (Å²) >= 11 is 0. The van der Waals surface area contributed by atoms with Crippen LogP contribution in [-0.4, -0.2) is 73.1 Å². The van der Waals surface area contributed by atoms with Crippen molar-refractivity contribution in [3.05, 3.63) is 36.2 Å². The van der Waals surface area contributed by atoms with Crippen molar-refractivity contribution in [2.24, 2.45) is 0 Å². The molecule has 3 rings (SSSR count). The summed E-state index contributed by atoms with van der Waals surface area (Å²) in [4.78, 5) is 25.3. The average Bonchev–Trinajstić information content (AvgIpc) is 2.68. The van der Waals surface area contributed by atoms with Gasteiger partial charge in [0.1, 0.15) is 17.2 Å². The fourth-order valence-corrected chi connectivity index (χ4v) is 2.74. The van der Waals surface area contributed by atoms with E-state index in [4.69, 9.17) is 9.47 Å². The van der Waals surface area contributed by atoms with Crippen LogP contribution >= 0.6 is 0 Å². The lowest BCUT2D eigenvalue weighted by Crippen LogP contribution is -2.47. The van der Waals surface area contributed by atoms with Gasteiger partial charge in [-0.2, -0.15) is 0 Å². The van der Waals surface area contributed by atoms with Crippen LogP contribution in [0.4, 0.5) is 11.6 Å². The molecular formula is C18H23N5O3. The second kappa shape index (κ2) is 8.01. The third kappa shape index (κ3) is 4.02. The molecule has 1 aliphatic heterocycles. The molecule has 2 heterocycles. The molecule has 8 heteroatoms. The number of anilines is 2. The van der Waals surface area contributed by atoms with Crippen LogP contribution in [0.5, 0.6) is 11.5 Å². The number of ether oxygens (including phenoxy) is 2. The van der Waals surface area contributed by atoms with Crippen LogP contribution in [0.3, 0.4) is 0 Å². The average molecular weight is 357 g/mol. The van der Waals surface area contributed by atoms with Crippen molar-refractivity contribution >= 4 is 17.5 Å². The number of rotatable bonds is 5. The van der Waals surface area contributed by atoms with Gasteiger partial charge in [0.2, 0.25) is 5.95 Å². The van der Waals surface area contributed by atoms with Crippen molar-refractivity contribution < 1.29 is 14.3 Å². The lowest BCUT2D eigenvalue weighted by molar-refractivity contribution is 0.0658. The van der Waals surface area contributed by atoms with Crippen LogP contribution in [0, 0.1) is 0 Å². The van der Waals surface area contributed by atoms with Gasteiger partial charge < -0.3 is 24.6 Å². The van der Waals surface area contributed by atoms with E-state index in [0.29, 0.717) is 41.9 Å². The van der Waals surface area contributed by atoms with E-state index < -0.39 is 0 Å². The molecule has 0 unspecified atom stereocenters. The van der Waals surface area contributed by atoms with E-state index in [0.717, 1.165) is 13.1 Å². The van der Waals surface area contributed by atoms with Gasteiger partial charge in [0.15, 0.2) is 0 Å². The number of benzene rings is 1. The maximum Gasteiger partial charge on any atom is 0.272 e. The van der Waals surface area contributed by atoms with Gasteiger partial charge in [-0.25, -0.2) is 9.97 Å². The summed E-state index contributed by atoms with van der Waals surface area (Å²) in [5, 5.41) is 3.10. The first-order chi connectivity index (χ1) is 12.6. The highest BCUT2D eigenvalue weighted by molar-refractivity contribution is 5.92. The van der Waals surface area contributed by atoms with E-state index in [2.05, 4.69) is 27.2 Å². The molecule has 0 bridgehead atoms. The number of amides is 1. The Labute approximate surface area is 152 Å². The molecule has 0 radical (unpaired) electrons. The maximum absolute atomic E-state index is 12.7. The van der Waals surface area contributed by atoms with Crippen molar-refractivity contribution in [1.29, 1.82) is 0 Å². The Kier molecular flexibility index (Phi) is 5.52. The Hall–Kier alpha value is -2.87. The summed E-state index contributed by atoms with van der Waals surface area (Å²) in [7, 11) is 5.23. The number of hydrogen-bond acceptors (Lipinski definition) is 7. The van der Waals surface area contributed by atoms with E-state index in [1.807, 2.05) is 4.90 Å². The fourth-order valence-electron chi connectivity index (χ4n) is 2.74. The van der Waals surface area contributed by atoms with E-state index in [-0.39, 0.29) is 5.91 Å². The molecule has 1 saturated heterocycles. The van der Waals surface area contributed by atoms with E-state index >= 15 is 0 Å². The molecule has 1 aliphatic rings. The van der Waals surface area contributed by atoms with Gasteiger partial charge in [0, 0.05) is 38.4 Å². The molecule has 1 fully saturated rings. The van der Waals surface area contributed by atoms with Gasteiger partial charge in [-0.05, 0) is 25.2 Å². The zero-order chi connectivity index (χ0) is 18.5. The quantitative estimate of drug-likeness (QED) is 0.871. The standard InChI is InChI=1S/C18H23N5O3/c1-22-8-10-23(11-9-22)17(24)14-6-7-19-18(20-14)21-15-12-13(25-2)4-5-16(15)26-3/h4-7,12H,8-11H2,1-3H3,(H,19,20,21). The van der Waals surface area contributed by atoms with Gasteiger partial charge >= 0.3 is 0 Å². The summed E-state index contributed by atoms with van der Waals surface area (Å²) < 4.78 is 10.6. The highest BCUT2D eigenvalue weighted by Crippen LogP contribution is 2.30. The molecule has 26 heavy (non-hydrogen) atoms. The predicted molar refractivity (Wildman–Crippen MR) is 98.3 cm³/mol. The number of likely N-dealkylation sites (N-methyl/N-ethyl adjacent to an activating group) is 1. The molecule has 1 aromatic carbocycles. The molecule has 0 saturated carbocycles. The Balaban J connectivity index is 1.78. The van der Waals surface area contributed by atoms with Gasteiger partial charge in [0.25, 0.3) is 5.91 Å². The number of aromatic nitrogens is 2. The van der Waals surface area contributed by atoms with Crippen molar-refractivity contribution in [3.8, 4) is 11.5 Å². The number of carbonyl (C=O) groups is 1. The Morgan fingerprint density at radius 3 is 2.58 bits per heavy atom.